The van der Waals surface area contributed by atoms with Crippen LogP contribution < -0.4 is 10.2 Å². The minimum absolute atomic E-state index is 0.463. The molecular formula is C17H28N2O. The second-order valence-electron chi connectivity index (χ2n) is 5.54. The molecule has 1 aromatic rings. The smallest absolute Gasteiger partial charge is 0.0608 e. The van der Waals surface area contributed by atoms with E-state index in [0.717, 1.165) is 45.6 Å². The minimum Gasteiger partial charge on any atom is -0.378 e. The van der Waals surface area contributed by atoms with Gasteiger partial charge in [-0.25, -0.2) is 0 Å². The zero-order chi connectivity index (χ0) is 14.4. The maximum absolute atomic E-state index is 5.73. The van der Waals surface area contributed by atoms with Crippen LogP contribution in [0.25, 0.3) is 0 Å². The van der Waals surface area contributed by atoms with Crippen molar-refractivity contribution in [2.45, 2.75) is 46.3 Å². The Bertz CT molecular complexity index is 411. The number of piperidine rings is 1. The van der Waals surface area contributed by atoms with Gasteiger partial charge >= 0.3 is 0 Å². The van der Waals surface area contributed by atoms with E-state index in [4.69, 9.17) is 4.74 Å². The molecular weight excluding hydrogens is 248 g/mol. The summed E-state index contributed by atoms with van der Waals surface area (Å²) < 4.78 is 5.73. The molecule has 3 nitrogen and oxygen atoms in total. The molecule has 1 aromatic carbocycles. The summed E-state index contributed by atoms with van der Waals surface area (Å²) >= 11 is 0. The SMILES string of the molecule is CCNCc1ccc(N2CCC(OCC)CC2)c(C)c1. The Hall–Kier alpha value is -1.06. The van der Waals surface area contributed by atoms with Crippen LogP contribution in [0.4, 0.5) is 5.69 Å². The third-order valence-electron chi connectivity index (χ3n) is 4.03. The van der Waals surface area contributed by atoms with Gasteiger partial charge in [-0.15, -0.1) is 0 Å². The van der Waals surface area contributed by atoms with Gasteiger partial charge < -0.3 is 15.0 Å². The molecule has 3 heteroatoms. The summed E-state index contributed by atoms with van der Waals surface area (Å²) in [5.41, 5.74) is 4.15. The van der Waals surface area contributed by atoms with Gasteiger partial charge in [0.2, 0.25) is 0 Å². The second kappa shape index (κ2) is 7.65. The lowest BCUT2D eigenvalue weighted by atomic mass is 10.0. The summed E-state index contributed by atoms with van der Waals surface area (Å²) in [5.74, 6) is 0. The predicted molar refractivity (Wildman–Crippen MR) is 85.4 cm³/mol. The number of anilines is 1. The van der Waals surface area contributed by atoms with Crippen LogP contribution in [0.3, 0.4) is 0 Å². The van der Waals surface area contributed by atoms with Gasteiger partial charge in [-0.05, 0) is 50.4 Å². The number of hydrogen-bond acceptors (Lipinski definition) is 3. The molecule has 112 valence electrons. The highest BCUT2D eigenvalue weighted by atomic mass is 16.5. The van der Waals surface area contributed by atoms with E-state index in [-0.39, 0.29) is 0 Å². The Kier molecular flexibility index (Phi) is 5.86. The number of rotatable bonds is 6. The number of aryl methyl sites for hydroxylation is 1. The Morgan fingerprint density at radius 2 is 2.00 bits per heavy atom. The Morgan fingerprint density at radius 3 is 2.60 bits per heavy atom. The topological polar surface area (TPSA) is 24.5 Å². The molecule has 0 radical (unpaired) electrons. The van der Waals surface area contributed by atoms with Crippen molar-refractivity contribution in [2.75, 3.05) is 31.1 Å². The van der Waals surface area contributed by atoms with Crippen molar-refractivity contribution in [3.8, 4) is 0 Å². The van der Waals surface area contributed by atoms with Crippen molar-refractivity contribution >= 4 is 5.69 Å². The van der Waals surface area contributed by atoms with Crippen LogP contribution >= 0.6 is 0 Å². The highest BCUT2D eigenvalue weighted by Crippen LogP contribution is 2.25. The monoisotopic (exact) mass is 276 g/mol. The average molecular weight is 276 g/mol. The van der Waals surface area contributed by atoms with E-state index in [2.05, 4.69) is 49.2 Å². The average Bonchev–Trinajstić information content (AvgIpc) is 2.47. The summed E-state index contributed by atoms with van der Waals surface area (Å²) in [5, 5.41) is 3.38. The first-order valence-corrected chi connectivity index (χ1v) is 7.91. The number of nitrogens with zero attached hydrogens (tertiary/aromatic N) is 1. The van der Waals surface area contributed by atoms with Gasteiger partial charge in [0.25, 0.3) is 0 Å². The van der Waals surface area contributed by atoms with Crippen molar-refractivity contribution in [3.63, 3.8) is 0 Å². The molecule has 0 aromatic heterocycles. The fourth-order valence-corrected chi connectivity index (χ4v) is 2.95. The first-order valence-electron chi connectivity index (χ1n) is 7.91. The molecule has 0 spiro atoms. The van der Waals surface area contributed by atoms with Gasteiger partial charge in [0.05, 0.1) is 6.10 Å². The molecule has 1 heterocycles. The first kappa shape index (κ1) is 15.3. The van der Waals surface area contributed by atoms with Crippen molar-refractivity contribution in [1.82, 2.24) is 5.32 Å². The summed E-state index contributed by atoms with van der Waals surface area (Å²) in [7, 11) is 0. The zero-order valence-corrected chi connectivity index (χ0v) is 13.1. The van der Waals surface area contributed by atoms with Crippen LogP contribution in [0.15, 0.2) is 18.2 Å². The number of nitrogens with one attached hydrogen (secondary N) is 1. The zero-order valence-electron chi connectivity index (χ0n) is 13.1. The fraction of sp³-hybridized carbons (Fsp3) is 0.647. The molecule has 0 bridgehead atoms. The van der Waals surface area contributed by atoms with E-state index in [9.17, 15) is 0 Å². The normalized spacial score (nSPS) is 16.6. The van der Waals surface area contributed by atoms with E-state index in [1.54, 1.807) is 0 Å². The van der Waals surface area contributed by atoms with Crippen molar-refractivity contribution in [2.24, 2.45) is 0 Å². The standard InChI is InChI=1S/C17H28N2O/c1-4-18-13-15-6-7-17(14(3)12-15)19-10-8-16(9-11-19)20-5-2/h6-7,12,16,18H,4-5,8-11,13H2,1-3H3. The highest BCUT2D eigenvalue weighted by Gasteiger charge is 2.20. The lowest BCUT2D eigenvalue weighted by molar-refractivity contribution is 0.0459. The summed E-state index contributed by atoms with van der Waals surface area (Å²) in [6.45, 7) is 11.5. The summed E-state index contributed by atoms with van der Waals surface area (Å²) in [6.07, 6.45) is 2.75. The van der Waals surface area contributed by atoms with Gasteiger partial charge in [-0.1, -0.05) is 19.1 Å². The van der Waals surface area contributed by atoms with E-state index < -0.39 is 0 Å². The van der Waals surface area contributed by atoms with Crippen molar-refractivity contribution in [1.29, 1.82) is 0 Å². The molecule has 0 atom stereocenters. The van der Waals surface area contributed by atoms with Crippen LogP contribution in [0, 0.1) is 6.92 Å². The predicted octanol–water partition coefficient (Wildman–Crippen LogP) is 3.11. The molecule has 2 rings (SSSR count). The van der Waals surface area contributed by atoms with E-state index >= 15 is 0 Å². The molecule has 1 aliphatic rings. The van der Waals surface area contributed by atoms with Crippen LogP contribution in [-0.4, -0.2) is 32.3 Å². The van der Waals surface area contributed by atoms with E-state index in [0.29, 0.717) is 6.10 Å². The minimum atomic E-state index is 0.463. The Balaban J connectivity index is 1.96. The molecule has 0 aliphatic carbocycles. The number of hydrogen-bond donors (Lipinski definition) is 1. The van der Waals surface area contributed by atoms with Crippen LogP contribution in [-0.2, 0) is 11.3 Å². The third-order valence-corrected chi connectivity index (χ3v) is 4.03. The largest absolute Gasteiger partial charge is 0.378 e. The molecule has 0 unspecified atom stereocenters. The summed E-state index contributed by atoms with van der Waals surface area (Å²) in [4.78, 5) is 2.50. The van der Waals surface area contributed by atoms with Crippen molar-refractivity contribution in [3.05, 3.63) is 29.3 Å². The van der Waals surface area contributed by atoms with E-state index in [1.165, 1.54) is 16.8 Å². The molecule has 20 heavy (non-hydrogen) atoms. The fourth-order valence-electron chi connectivity index (χ4n) is 2.95. The molecule has 1 saturated heterocycles. The molecule has 0 saturated carbocycles. The second-order valence-corrected chi connectivity index (χ2v) is 5.54. The first-order chi connectivity index (χ1) is 9.74. The van der Waals surface area contributed by atoms with E-state index in [1.807, 2.05) is 0 Å². The van der Waals surface area contributed by atoms with Crippen LogP contribution in [0.2, 0.25) is 0 Å². The molecule has 0 amide bonds. The van der Waals surface area contributed by atoms with Gasteiger partial charge in [0.1, 0.15) is 0 Å². The highest BCUT2D eigenvalue weighted by molar-refractivity contribution is 5.54. The van der Waals surface area contributed by atoms with Crippen molar-refractivity contribution < 1.29 is 4.74 Å². The molecule has 1 fully saturated rings. The maximum atomic E-state index is 5.73. The Morgan fingerprint density at radius 1 is 1.25 bits per heavy atom. The third kappa shape index (κ3) is 3.97. The molecule has 1 aliphatic heterocycles. The van der Waals surface area contributed by atoms with Gasteiger partial charge in [-0.3, -0.25) is 0 Å². The van der Waals surface area contributed by atoms with Crippen LogP contribution in [0.5, 0.6) is 0 Å². The Labute approximate surface area is 123 Å². The number of benzene rings is 1. The number of ether oxygens (including phenoxy) is 1. The summed E-state index contributed by atoms with van der Waals surface area (Å²) in [6, 6.07) is 6.84. The van der Waals surface area contributed by atoms with Gasteiger partial charge in [0.15, 0.2) is 0 Å². The van der Waals surface area contributed by atoms with Crippen LogP contribution in [0.1, 0.15) is 37.8 Å². The van der Waals surface area contributed by atoms with Gasteiger partial charge in [0, 0.05) is 31.9 Å². The molecule has 1 N–H and O–H groups in total. The van der Waals surface area contributed by atoms with Gasteiger partial charge in [-0.2, -0.15) is 0 Å². The quantitative estimate of drug-likeness (QED) is 0.864. The maximum Gasteiger partial charge on any atom is 0.0608 e. The lowest BCUT2D eigenvalue weighted by Gasteiger charge is -2.34. The lowest BCUT2D eigenvalue weighted by Crippen LogP contribution is -2.37.